The van der Waals surface area contributed by atoms with Gasteiger partial charge >= 0.3 is 0 Å². The van der Waals surface area contributed by atoms with Crippen LogP contribution in [-0.4, -0.2) is 27.4 Å². The maximum atomic E-state index is 13.5. The van der Waals surface area contributed by atoms with E-state index in [-0.39, 0.29) is 23.7 Å². The van der Waals surface area contributed by atoms with Crippen LogP contribution in [0, 0.1) is 5.92 Å². The summed E-state index contributed by atoms with van der Waals surface area (Å²) >= 11 is 0. The molecule has 160 valence electrons. The molecule has 0 aliphatic heterocycles. The molecule has 6 heteroatoms. The predicted octanol–water partition coefficient (Wildman–Crippen LogP) is 4.50. The topological polar surface area (TPSA) is 75.3 Å². The molecule has 28 heavy (non-hydrogen) atoms. The monoisotopic (exact) mass is 410 g/mol. The first kappa shape index (κ1) is 24.6. The first-order valence-corrected chi connectivity index (χ1v) is 11.8. The standard InChI is InChI=1S/C22H38N2O3S/c1-10-16(8)20(22(25)23-9)24-28(26,27)21-18(14(4)5)11-17(13(2)3)12-19(21)15(6)7/h11-16,20,24H,10H2,1-9H3,(H,23,25)/t16-,20-/m0/s1. The molecule has 0 bridgehead atoms. The van der Waals surface area contributed by atoms with E-state index < -0.39 is 16.1 Å². The highest BCUT2D eigenvalue weighted by Gasteiger charge is 2.33. The van der Waals surface area contributed by atoms with Crippen molar-refractivity contribution in [2.75, 3.05) is 7.05 Å². The average molecular weight is 411 g/mol. The van der Waals surface area contributed by atoms with Gasteiger partial charge < -0.3 is 5.32 Å². The first-order valence-electron chi connectivity index (χ1n) is 10.3. The molecule has 0 heterocycles. The van der Waals surface area contributed by atoms with E-state index in [9.17, 15) is 13.2 Å². The second kappa shape index (κ2) is 9.88. The minimum absolute atomic E-state index is 0.0461. The fourth-order valence-electron chi connectivity index (χ4n) is 3.25. The van der Waals surface area contributed by atoms with Crippen LogP contribution >= 0.6 is 0 Å². The third kappa shape index (κ3) is 5.57. The summed E-state index contributed by atoms with van der Waals surface area (Å²) in [7, 11) is -2.34. The summed E-state index contributed by atoms with van der Waals surface area (Å²) in [6.07, 6.45) is 0.695. The van der Waals surface area contributed by atoms with E-state index in [0.717, 1.165) is 16.7 Å². The Morgan fingerprint density at radius 2 is 1.39 bits per heavy atom. The minimum atomic E-state index is -3.87. The van der Waals surface area contributed by atoms with E-state index in [1.165, 1.54) is 7.05 Å². The van der Waals surface area contributed by atoms with Crippen molar-refractivity contribution in [3.8, 4) is 0 Å². The van der Waals surface area contributed by atoms with Crippen LogP contribution < -0.4 is 10.0 Å². The van der Waals surface area contributed by atoms with Crippen LogP contribution in [0.25, 0.3) is 0 Å². The number of benzene rings is 1. The molecule has 1 aromatic rings. The second-order valence-corrected chi connectivity index (χ2v) is 10.2. The van der Waals surface area contributed by atoms with E-state index in [0.29, 0.717) is 17.2 Å². The zero-order valence-electron chi connectivity index (χ0n) is 18.9. The van der Waals surface area contributed by atoms with Gasteiger partial charge in [0.05, 0.1) is 4.90 Å². The Morgan fingerprint density at radius 3 is 1.71 bits per heavy atom. The van der Waals surface area contributed by atoms with Gasteiger partial charge in [-0.3, -0.25) is 4.79 Å². The normalized spacial score (nSPS) is 14.6. The quantitative estimate of drug-likeness (QED) is 0.629. The van der Waals surface area contributed by atoms with Crippen LogP contribution in [-0.2, 0) is 14.8 Å². The van der Waals surface area contributed by atoms with Gasteiger partial charge in [0.15, 0.2) is 0 Å². The van der Waals surface area contributed by atoms with Gasteiger partial charge in [0.1, 0.15) is 6.04 Å². The summed E-state index contributed by atoms with van der Waals surface area (Å²) < 4.78 is 29.8. The van der Waals surface area contributed by atoms with Crippen LogP contribution in [0.3, 0.4) is 0 Å². The number of carbonyl (C=O) groups excluding carboxylic acids is 1. The average Bonchev–Trinajstić information content (AvgIpc) is 2.63. The molecule has 0 aliphatic carbocycles. The van der Waals surface area contributed by atoms with Gasteiger partial charge in [-0.05, 0) is 40.4 Å². The molecule has 0 spiro atoms. The molecule has 2 atom stereocenters. The smallest absolute Gasteiger partial charge is 0.241 e. The Kier molecular flexibility index (Phi) is 8.69. The number of hydrogen-bond donors (Lipinski definition) is 2. The Balaban J connectivity index is 3.68. The molecule has 0 unspecified atom stereocenters. The summed E-state index contributed by atoms with van der Waals surface area (Å²) in [6.45, 7) is 16.1. The lowest BCUT2D eigenvalue weighted by molar-refractivity contribution is -0.123. The molecule has 5 nitrogen and oxygen atoms in total. The summed E-state index contributed by atoms with van der Waals surface area (Å²) in [4.78, 5) is 12.7. The maximum Gasteiger partial charge on any atom is 0.241 e. The summed E-state index contributed by atoms with van der Waals surface area (Å²) in [5, 5.41) is 2.59. The van der Waals surface area contributed by atoms with Crippen molar-refractivity contribution in [3.05, 3.63) is 28.8 Å². The van der Waals surface area contributed by atoms with Crippen LogP contribution in [0.1, 0.15) is 96.3 Å². The van der Waals surface area contributed by atoms with Crippen molar-refractivity contribution in [1.82, 2.24) is 10.0 Å². The Bertz CT molecular complexity index is 754. The van der Waals surface area contributed by atoms with Gasteiger partial charge in [-0.1, -0.05) is 73.9 Å². The van der Waals surface area contributed by atoms with Crippen molar-refractivity contribution in [2.45, 2.75) is 90.5 Å². The second-order valence-electron chi connectivity index (χ2n) is 8.59. The minimum Gasteiger partial charge on any atom is -0.358 e. The molecule has 2 N–H and O–H groups in total. The highest BCUT2D eigenvalue weighted by molar-refractivity contribution is 7.89. The molecule has 1 amide bonds. The number of carbonyl (C=O) groups is 1. The number of nitrogens with one attached hydrogen (secondary N) is 2. The lowest BCUT2D eigenvalue weighted by Crippen LogP contribution is -2.49. The fraction of sp³-hybridized carbons (Fsp3) is 0.682. The van der Waals surface area contributed by atoms with Crippen molar-refractivity contribution in [1.29, 1.82) is 0 Å². The highest BCUT2D eigenvalue weighted by atomic mass is 32.2. The van der Waals surface area contributed by atoms with Gasteiger partial charge in [0.25, 0.3) is 0 Å². The summed E-state index contributed by atoms with van der Waals surface area (Å²) in [5.74, 6) is -0.0309. The number of sulfonamides is 1. The zero-order valence-corrected chi connectivity index (χ0v) is 19.7. The molecular formula is C22H38N2O3S. The molecule has 0 aromatic heterocycles. The largest absolute Gasteiger partial charge is 0.358 e. The van der Waals surface area contributed by atoms with Gasteiger partial charge in [0, 0.05) is 7.05 Å². The number of likely N-dealkylation sites (N-methyl/N-ethyl adjacent to an activating group) is 1. The Labute approximate surface area is 171 Å². The van der Waals surface area contributed by atoms with Gasteiger partial charge in [0.2, 0.25) is 15.9 Å². The lowest BCUT2D eigenvalue weighted by atomic mass is 9.89. The molecule has 0 radical (unpaired) electrons. The third-order valence-electron chi connectivity index (χ3n) is 5.37. The van der Waals surface area contributed by atoms with Gasteiger partial charge in [-0.2, -0.15) is 4.72 Å². The highest BCUT2D eigenvalue weighted by Crippen LogP contribution is 2.35. The van der Waals surface area contributed by atoms with Crippen molar-refractivity contribution in [3.63, 3.8) is 0 Å². The maximum absolute atomic E-state index is 13.5. The van der Waals surface area contributed by atoms with Crippen LogP contribution in [0.15, 0.2) is 17.0 Å². The van der Waals surface area contributed by atoms with E-state index in [1.807, 2.05) is 53.7 Å². The van der Waals surface area contributed by atoms with Crippen molar-refractivity contribution in [2.24, 2.45) is 5.92 Å². The summed E-state index contributed by atoms with van der Waals surface area (Å²) in [5.41, 5.74) is 2.75. The molecule has 0 saturated heterocycles. The number of amides is 1. The van der Waals surface area contributed by atoms with Gasteiger partial charge in [-0.25, -0.2) is 8.42 Å². The molecule has 1 rings (SSSR count). The SMILES string of the molecule is CC[C@H](C)[C@H](NS(=O)(=O)c1c(C(C)C)cc(C(C)C)cc1C(C)C)C(=O)NC. The molecule has 0 saturated carbocycles. The van der Waals surface area contributed by atoms with Crippen LogP contribution in [0.5, 0.6) is 0 Å². The van der Waals surface area contributed by atoms with Crippen molar-refractivity contribution >= 4 is 15.9 Å². The fourth-order valence-corrected chi connectivity index (χ4v) is 5.25. The predicted molar refractivity (Wildman–Crippen MR) is 116 cm³/mol. The molecular weight excluding hydrogens is 372 g/mol. The first-order chi connectivity index (χ1) is 12.9. The van der Waals surface area contributed by atoms with E-state index in [2.05, 4.69) is 23.9 Å². The third-order valence-corrected chi connectivity index (χ3v) is 6.95. The van der Waals surface area contributed by atoms with Crippen LogP contribution in [0.2, 0.25) is 0 Å². The molecule has 0 aliphatic rings. The molecule has 0 fully saturated rings. The van der Waals surface area contributed by atoms with E-state index >= 15 is 0 Å². The van der Waals surface area contributed by atoms with Crippen LogP contribution in [0.4, 0.5) is 0 Å². The van der Waals surface area contributed by atoms with Gasteiger partial charge in [-0.15, -0.1) is 0 Å². The summed E-state index contributed by atoms with van der Waals surface area (Å²) in [6, 6.07) is 3.21. The van der Waals surface area contributed by atoms with E-state index in [4.69, 9.17) is 0 Å². The van der Waals surface area contributed by atoms with Crippen molar-refractivity contribution < 1.29 is 13.2 Å². The Hall–Kier alpha value is -1.40. The lowest BCUT2D eigenvalue weighted by Gasteiger charge is -2.26. The van der Waals surface area contributed by atoms with E-state index in [1.54, 1.807) is 0 Å². The zero-order chi connectivity index (χ0) is 21.8. The molecule has 1 aromatic carbocycles. The Morgan fingerprint density at radius 1 is 0.929 bits per heavy atom. The number of rotatable bonds is 9. The number of hydrogen-bond acceptors (Lipinski definition) is 3.